The Kier molecular flexibility index (Phi) is 3.40. The Bertz CT molecular complexity index is 616. The van der Waals surface area contributed by atoms with Crippen LogP contribution in [0.3, 0.4) is 0 Å². The van der Waals surface area contributed by atoms with Crippen LogP contribution in [0.15, 0.2) is 29.1 Å². The molecule has 0 amide bonds. The second kappa shape index (κ2) is 5.19. The Morgan fingerprint density at radius 2 is 2.16 bits per heavy atom. The number of aliphatic hydroxyl groups is 1. The summed E-state index contributed by atoms with van der Waals surface area (Å²) in [5.74, 6) is 0. The molecule has 19 heavy (non-hydrogen) atoms. The van der Waals surface area contributed by atoms with Crippen LogP contribution in [-0.4, -0.2) is 45.3 Å². The first-order valence-electron chi connectivity index (χ1n) is 6.82. The van der Waals surface area contributed by atoms with E-state index in [0.717, 1.165) is 50.1 Å². The summed E-state index contributed by atoms with van der Waals surface area (Å²) in [6, 6.07) is 7.76. The topological polar surface area (TPSA) is 61.3 Å². The first-order valence-corrected chi connectivity index (χ1v) is 6.82. The predicted molar refractivity (Wildman–Crippen MR) is 74.2 cm³/mol. The molecule has 5 heteroatoms. The van der Waals surface area contributed by atoms with E-state index in [1.54, 1.807) is 4.57 Å². The number of nitrogens with zero attached hydrogens (tertiary/aromatic N) is 2. The minimum Gasteiger partial charge on any atom is -0.392 e. The van der Waals surface area contributed by atoms with Gasteiger partial charge < -0.3 is 15.0 Å². The molecule has 1 aliphatic rings. The smallest absolute Gasteiger partial charge is 0.326 e. The van der Waals surface area contributed by atoms with Crippen LogP contribution in [0.25, 0.3) is 11.0 Å². The highest BCUT2D eigenvalue weighted by molar-refractivity contribution is 5.74. The predicted octanol–water partition coefficient (Wildman–Crippen LogP) is 0.786. The molecule has 1 aromatic heterocycles. The number of hydrogen-bond acceptors (Lipinski definition) is 3. The van der Waals surface area contributed by atoms with Gasteiger partial charge in [-0.3, -0.25) is 4.57 Å². The molecule has 0 radical (unpaired) electrons. The van der Waals surface area contributed by atoms with Gasteiger partial charge in [0.25, 0.3) is 0 Å². The van der Waals surface area contributed by atoms with Crippen molar-refractivity contribution in [3.8, 4) is 0 Å². The van der Waals surface area contributed by atoms with Crippen molar-refractivity contribution in [3.63, 3.8) is 0 Å². The molecule has 1 atom stereocenters. The minimum absolute atomic E-state index is 0.0392. The summed E-state index contributed by atoms with van der Waals surface area (Å²) in [5, 5.41) is 9.47. The number of hydrogen-bond donors (Lipinski definition) is 2. The van der Waals surface area contributed by atoms with Crippen molar-refractivity contribution in [3.05, 3.63) is 34.7 Å². The van der Waals surface area contributed by atoms with Gasteiger partial charge >= 0.3 is 5.69 Å². The monoisotopic (exact) mass is 261 g/mol. The van der Waals surface area contributed by atoms with E-state index in [0.29, 0.717) is 0 Å². The molecular weight excluding hydrogens is 242 g/mol. The zero-order valence-corrected chi connectivity index (χ0v) is 10.9. The van der Waals surface area contributed by atoms with E-state index in [2.05, 4.69) is 9.88 Å². The molecule has 1 aliphatic heterocycles. The fraction of sp³-hybridized carbons (Fsp3) is 0.500. The normalized spacial score (nSPS) is 20.4. The van der Waals surface area contributed by atoms with Gasteiger partial charge in [-0.1, -0.05) is 12.1 Å². The van der Waals surface area contributed by atoms with E-state index in [-0.39, 0.29) is 11.8 Å². The van der Waals surface area contributed by atoms with Gasteiger partial charge in [-0.25, -0.2) is 4.79 Å². The average Bonchev–Trinajstić information content (AvgIpc) is 2.94. The van der Waals surface area contributed by atoms with Crippen LogP contribution in [-0.2, 0) is 6.54 Å². The Morgan fingerprint density at radius 3 is 2.95 bits per heavy atom. The molecule has 0 saturated carbocycles. The van der Waals surface area contributed by atoms with Crippen molar-refractivity contribution in [2.24, 2.45) is 0 Å². The van der Waals surface area contributed by atoms with Crippen LogP contribution in [0.5, 0.6) is 0 Å². The number of fused-ring (bicyclic) bond motifs is 1. The van der Waals surface area contributed by atoms with E-state index in [1.807, 2.05) is 24.3 Å². The number of aromatic amines is 1. The number of imidazole rings is 1. The Balaban J connectivity index is 1.65. The lowest BCUT2D eigenvalue weighted by molar-refractivity contribution is 0.175. The molecule has 0 bridgehead atoms. The zero-order valence-electron chi connectivity index (χ0n) is 10.9. The van der Waals surface area contributed by atoms with Crippen LogP contribution in [0.4, 0.5) is 0 Å². The van der Waals surface area contributed by atoms with E-state index >= 15 is 0 Å². The number of benzene rings is 1. The molecule has 1 unspecified atom stereocenters. The highest BCUT2D eigenvalue weighted by Crippen LogP contribution is 2.11. The van der Waals surface area contributed by atoms with Crippen LogP contribution in [0.2, 0.25) is 0 Å². The zero-order chi connectivity index (χ0) is 13.2. The average molecular weight is 261 g/mol. The summed E-state index contributed by atoms with van der Waals surface area (Å²) in [7, 11) is 0. The number of aryl methyl sites for hydroxylation is 1. The lowest BCUT2D eigenvalue weighted by atomic mass is 10.3. The van der Waals surface area contributed by atoms with Crippen LogP contribution in [0, 0.1) is 0 Å². The van der Waals surface area contributed by atoms with Gasteiger partial charge in [-0.05, 0) is 31.5 Å². The molecule has 0 aliphatic carbocycles. The summed E-state index contributed by atoms with van der Waals surface area (Å²) < 4.78 is 1.79. The number of para-hydroxylation sites is 2. The summed E-state index contributed by atoms with van der Waals surface area (Å²) in [6.07, 6.45) is 1.62. The molecule has 2 N–H and O–H groups in total. The van der Waals surface area contributed by atoms with Crippen molar-refractivity contribution >= 4 is 11.0 Å². The second-order valence-electron chi connectivity index (χ2n) is 5.20. The molecule has 102 valence electrons. The lowest BCUT2D eigenvalue weighted by Gasteiger charge is -2.14. The quantitative estimate of drug-likeness (QED) is 0.855. The minimum atomic E-state index is -0.171. The SMILES string of the molecule is O=c1[nH]c2ccccc2n1CCCN1CCC(O)C1. The molecule has 2 heterocycles. The Morgan fingerprint density at radius 1 is 1.32 bits per heavy atom. The molecule has 1 aromatic carbocycles. The third-order valence-electron chi connectivity index (χ3n) is 3.79. The van der Waals surface area contributed by atoms with Crippen LogP contribution < -0.4 is 5.69 Å². The highest BCUT2D eigenvalue weighted by atomic mass is 16.3. The molecule has 3 rings (SSSR count). The number of rotatable bonds is 4. The van der Waals surface area contributed by atoms with Crippen molar-refractivity contribution in [1.29, 1.82) is 0 Å². The maximum atomic E-state index is 11.9. The number of aromatic nitrogens is 2. The third-order valence-corrected chi connectivity index (χ3v) is 3.79. The fourth-order valence-electron chi connectivity index (χ4n) is 2.80. The van der Waals surface area contributed by atoms with Gasteiger partial charge in [0.05, 0.1) is 17.1 Å². The molecule has 2 aromatic rings. The summed E-state index contributed by atoms with van der Waals surface area (Å²) >= 11 is 0. The van der Waals surface area contributed by atoms with Crippen molar-refractivity contribution in [2.75, 3.05) is 19.6 Å². The number of β-amino-alcohol motifs (C(OH)–C–C–N with tert-alkyl or cyclic N) is 1. The third kappa shape index (κ3) is 2.57. The van der Waals surface area contributed by atoms with Crippen LogP contribution >= 0.6 is 0 Å². The van der Waals surface area contributed by atoms with E-state index in [9.17, 15) is 9.90 Å². The Labute approximate surface area is 111 Å². The second-order valence-corrected chi connectivity index (χ2v) is 5.20. The lowest BCUT2D eigenvalue weighted by Crippen LogP contribution is -2.25. The van der Waals surface area contributed by atoms with E-state index in [1.165, 1.54) is 0 Å². The van der Waals surface area contributed by atoms with E-state index < -0.39 is 0 Å². The maximum Gasteiger partial charge on any atom is 0.326 e. The number of likely N-dealkylation sites (tertiary alicyclic amines) is 1. The summed E-state index contributed by atoms with van der Waals surface area (Å²) in [5.41, 5.74) is 1.82. The first-order chi connectivity index (χ1) is 9.24. The molecule has 1 saturated heterocycles. The largest absolute Gasteiger partial charge is 0.392 e. The molecular formula is C14H19N3O2. The van der Waals surface area contributed by atoms with Crippen molar-refractivity contribution < 1.29 is 5.11 Å². The maximum absolute atomic E-state index is 11.9. The van der Waals surface area contributed by atoms with Crippen molar-refractivity contribution in [2.45, 2.75) is 25.5 Å². The molecule has 5 nitrogen and oxygen atoms in total. The molecule has 0 spiro atoms. The van der Waals surface area contributed by atoms with Gasteiger partial charge in [0, 0.05) is 19.6 Å². The summed E-state index contributed by atoms with van der Waals surface area (Å²) in [6.45, 7) is 3.38. The summed E-state index contributed by atoms with van der Waals surface area (Å²) in [4.78, 5) is 17.0. The fourth-order valence-corrected chi connectivity index (χ4v) is 2.80. The van der Waals surface area contributed by atoms with Crippen molar-refractivity contribution in [1.82, 2.24) is 14.5 Å². The first kappa shape index (κ1) is 12.4. The standard InChI is InChI=1S/C14H19N3O2/c18-11-6-9-16(10-11)7-3-8-17-13-5-2-1-4-12(13)15-14(17)19/h1-2,4-5,11,18H,3,6-10H2,(H,15,19). The van der Waals surface area contributed by atoms with Gasteiger partial charge in [0.15, 0.2) is 0 Å². The van der Waals surface area contributed by atoms with Gasteiger partial charge in [-0.15, -0.1) is 0 Å². The number of nitrogens with one attached hydrogen (secondary N) is 1. The highest BCUT2D eigenvalue weighted by Gasteiger charge is 2.19. The van der Waals surface area contributed by atoms with Gasteiger partial charge in [-0.2, -0.15) is 0 Å². The Hall–Kier alpha value is -1.59. The van der Waals surface area contributed by atoms with Gasteiger partial charge in [0.1, 0.15) is 0 Å². The van der Waals surface area contributed by atoms with E-state index in [4.69, 9.17) is 0 Å². The molecule has 1 fully saturated rings. The number of aliphatic hydroxyl groups excluding tert-OH is 1. The van der Waals surface area contributed by atoms with Crippen LogP contribution in [0.1, 0.15) is 12.8 Å². The number of H-pyrrole nitrogens is 1. The van der Waals surface area contributed by atoms with Gasteiger partial charge in [0.2, 0.25) is 0 Å².